The lowest BCUT2D eigenvalue weighted by molar-refractivity contribution is -0.164. The number of carbonyl (C=O) groups is 2. The van der Waals surface area contributed by atoms with E-state index in [4.69, 9.17) is 0 Å². The van der Waals surface area contributed by atoms with Gasteiger partial charge in [-0.25, -0.2) is 0 Å². The summed E-state index contributed by atoms with van der Waals surface area (Å²) in [5.74, 6) is 0.916. The molecule has 2 aliphatic heterocycles. The summed E-state index contributed by atoms with van der Waals surface area (Å²) < 4.78 is 0. The van der Waals surface area contributed by atoms with Crippen LogP contribution in [0, 0.1) is 5.92 Å². The Morgan fingerprint density at radius 3 is 2.71 bits per heavy atom. The van der Waals surface area contributed by atoms with Gasteiger partial charge in [-0.3, -0.25) is 9.59 Å². The van der Waals surface area contributed by atoms with Gasteiger partial charge in [-0.15, -0.1) is 0 Å². The highest BCUT2D eigenvalue weighted by atomic mass is 16.2. The summed E-state index contributed by atoms with van der Waals surface area (Å²) in [5, 5.41) is 0. The molecule has 1 aliphatic carbocycles. The summed E-state index contributed by atoms with van der Waals surface area (Å²) in [7, 11) is 0. The van der Waals surface area contributed by atoms with Crippen LogP contribution in [0.5, 0.6) is 0 Å². The average molecular weight is 290 g/mol. The van der Waals surface area contributed by atoms with E-state index in [2.05, 4.69) is 12.2 Å². The molecule has 2 saturated heterocycles. The van der Waals surface area contributed by atoms with E-state index in [1.165, 1.54) is 0 Å². The molecule has 0 radical (unpaired) electrons. The van der Waals surface area contributed by atoms with Crippen LogP contribution in [-0.4, -0.2) is 46.8 Å². The van der Waals surface area contributed by atoms with Gasteiger partial charge in [0.05, 0.1) is 0 Å². The van der Waals surface area contributed by atoms with Gasteiger partial charge in [0.25, 0.3) is 0 Å². The van der Waals surface area contributed by atoms with Crippen molar-refractivity contribution < 1.29 is 9.59 Å². The quantitative estimate of drug-likeness (QED) is 0.749. The lowest BCUT2D eigenvalue weighted by Crippen LogP contribution is -2.66. The van der Waals surface area contributed by atoms with E-state index < -0.39 is 0 Å². The van der Waals surface area contributed by atoms with E-state index in [0.29, 0.717) is 5.92 Å². The maximum atomic E-state index is 12.9. The zero-order valence-electron chi connectivity index (χ0n) is 13.0. The minimum atomic E-state index is -0.224. The molecule has 3 rings (SSSR count). The zero-order chi connectivity index (χ0) is 14.8. The highest BCUT2D eigenvalue weighted by molar-refractivity contribution is 5.97. The second-order valence-corrected chi connectivity index (χ2v) is 6.61. The molecule has 2 amide bonds. The van der Waals surface area contributed by atoms with Gasteiger partial charge in [0, 0.05) is 13.1 Å². The van der Waals surface area contributed by atoms with Crippen LogP contribution in [-0.2, 0) is 9.59 Å². The van der Waals surface area contributed by atoms with Crippen molar-refractivity contribution in [1.82, 2.24) is 9.80 Å². The fraction of sp³-hybridized carbons (Fsp3) is 0.765. The molecule has 0 saturated carbocycles. The summed E-state index contributed by atoms with van der Waals surface area (Å²) >= 11 is 0. The molecule has 2 heterocycles. The van der Waals surface area contributed by atoms with E-state index in [-0.39, 0.29) is 23.9 Å². The number of allylic oxidation sites excluding steroid dienone is 2. The Labute approximate surface area is 127 Å². The van der Waals surface area contributed by atoms with Crippen molar-refractivity contribution in [2.45, 2.75) is 64.0 Å². The molecule has 3 aliphatic rings. The topological polar surface area (TPSA) is 40.6 Å². The van der Waals surface area contributed by atoms with Gasteiger partial charge >= 0.3 is 0 Å². The number of rotatable bonds is 3. The Kier molecular flexibility index (Phi) is 4.32. The molecule has 4 heteroatoms. The number of carbonyl (C=O) groups excluding carboxylic acids is 2. The fourth-order valence-electron chi connectivity index (χ4n) is 4.03. The lowest BCUT2D eigenvalue weighted by atomic mass is 9.90. The Balaban J connectivity index is 1.77. The Hall–Kier alpha value is -1.32. The Morgan fingerprint density at radius 2 is 2.00 bits per heavy atom. The van der Waals surface area contributed by atoms with Crippen LogP contribution in [0.25, 0.3) is 0 Å². The first kappa shape index (κ1) is 14.6. The van der Waals surface area contributed by atoms with Crippen molar-refractivity contribution >= 4 is 11.8 Å². The summed E-state index contributed by atoms with van der Waals surface area (Å²) in [6.45, 7) is 3.55. The molecule has 4 nitrogen and oxygen atoms in total. The molecule has 116 valence electrons. The van der Waals surface area contributed by atoms with Crippen LogP contribution in [0.15, 0.2) is 12.2 Å². The number of hydrogen-bond acceptors (Lipinski definition) is 2. The molecular formula is C17H26N2O2. The van der Waals surface area contributed by atoms with Crippen molar-refractivity contribution in [2.75, 3.05) is 13.1 Å². The minimum absolute atomic E-state index is 0.173. The fourth-order valence-corrected chi connectivity index (χ4v) is 4.03. The molecule has 0 aromatic heterocycles. The molecular weight excluding hydrogens is 264 g/mol. The first-order valence-corrected chi connectivity index (χ1v) is 8.48. The zero-order valence-corrected chi connectivity index (χ0v) is 13.0. The number of amides is 2. The molecule has 0 spiro atoms. The second-order valence-electron chi connectivity index (χ2n) is 6.61. The van der Waals surface area contributed by atoms with Crippen molar-refractivity contribution in [3.63, 3.8) is 0 Å². The Bertz CT molecular complexity index is 446. The largest absolute Gasteiger partial charge is 0.329 e. The molecule has 3 unspecified atom stereocenters. The molecule has 0 bridgehead atoms. The Morgan fingerprint density at radius 1 is 1.14 bits per heavy atom. The number of piperazine rings is 1. The molecule has 0 aromatic carbocycles. The van der Waals surface area contributed by atoms with Gasteiger partial charge in [0.2, 0.25) is 11.8 Å². The van der Waals surface area contributed by atoms with Gasteiger partial charge in [0.1, 0.15) is 12.1 Å². The van der Waals surface area contributed by atoms with Crippen molar-refractivity contribution in [3.05, 3.63) is 12.2 Å². The maximum absolute atomic E-state index is 12.9. The third kappa shape index (κ3) is 2.72. The number of piperidine rings is 1. The minimum Gasteiger partial charge on any atom is -0.329 e. The summed E-state index contributed by atoms with van der Waals surface area (Å²) in [5.41, 5.74) is 0. The molecule has 2 fully saturated rings. The van der Waals surface area contributed by atoms with Crippen LogP contribution in [0.4, 0.5) is 0 Å². The molecule has 21 heavy (non-hydrogen) atoms. The van der Waals surface area contributed by atoms with Gasteiger partial charge in [-0.2, -0.15) is 0 Å². The van der Waals surface area contributed by atoms with Gasteiger partial charge in [-0.1, -0.05) is 19.1 Å². The lowest BCUT2D eigenvalue weighted by Gasteiger charge is -2.47. The maximum Gasteiger partial charge on any atom is 0.246 e. The average Bonchev–Trinajstić information content (AvgIpc) is 2.54. The van der Waals surface area contributed by atoms with Crippen LogP contribution in [0.3, 0.4) is 0 Å². The number of nitrogens with zero attached hydrogens (tertiary/aromatic N) is 2. The standard InChI is InChI=1S/C17H26N2O2/c1-2-14-16(20)18-11-7-6-10-15(18)17(21)19(14)12-13-8-4-3-5-9-13/h3-4,13-15H,2,5-12H2,1H3. The number of fused-ring (bicyclic) bond motifs is 1. The van der Waals surface area contributed by atoms with Crippen molar-refractivity contribution in [3.8, 4) is 0 Å². The molecule has 0 aromatic rings. The predicted octanol–water partition coefficient (Wildman–Crippen LogP) is 2.34. The van der Waals surface area contributed by atoms with Crippen LogP contribution >= 0.6 is 0 Å². The highest BCUT2D eigenvalue weighted by Gasteiger charge is 2.46. The van der Waals surface area contributed by atoms with E-state index in [1.54, 1.807) is 0 Å². The summed E-state index contributed by atoms with van der Waals surface area (Å²) in [4.78, 5) is 29.3. The van der Waals surface area contributed by atoms with Crippen LogP contribution < -0.4 is 0 Å². The number of hydrogen-bond donors (Lipinski definition) is 0. The molecule has 3 atom stereocenters. The van der Waals surface area contributed by atoms with Crippen LogP contribution in [0.2, 0.25) is 0 Å². The first-order chi connectivity index (χ1) is 10.2. The van der Waals surface area contributed by atoms with Crippen molar-refractivity contribution in [2.24, 2.45) is 5.92 Å². The third-order valence-electron chi connectivity index (χ3n) is 5.23. The molecule has 0 N–H and O–H groups in total. The van der Waals surface area contributed by atoms with Gasteiger partial charge < -0.3 is 9.80 Å². The third-order valence-corrected chi connectivity index (χ3v) is 5.23. The smallest absolute Gasteiger partial charge is 0.246 e. The van der Waals surface area contributed by atoms with Gasteiger partial charge in [0.15, 0.2) is 0 Å². The monoisotopic (exact) mass is 290 g/mol. The van der Waals surface area contributed by atoms with E-state index in [1.807, 2.05) is 16.7 Å². The SMILES string of the molecule is CCC1C(=O)N2CCCCC2C(=O)N1CC1CC=CCC1. The predicted molar refractivity (Wildman–Crippen MR) is 81.6 cm³/mol. The van der Waals surface area contributed by atoms with E-state index in [0.717, 1.165) is 58.0 Å². The highest BCUT2D eigenvalue weighted by Crippen LogP contribution is 2.29. The van der Waals surface area contributed by atoms with Gasteiger partial charge in [-0.05, 0) is 50.9 Å². The first-order valence-electron chi connectivity index (χ1n) is 8.48. The second kappa shape index (κ2) is 6.20. The van der Waals surface area contributed by atoms with Crippen LogP contribution in [0.1, 0.15) is 51.9 Å². The van der Waals surface area contributed by atoms with E-state index >= 15 is 0 Å². The summed E-state index contributed by atoms with van der Waals surface area (Å²) in [6.07, 6.45) is 11.4. The summed E-state index contributed by atoms with van der Waals surface area (Å²) in [6, 6.07) is -0.397. The van der Waals surface area contributed by atoms with Crippen molar-refractivity contribution in [1.29, 1.82) is 0 Å². The van der Waals surface area contributed by atoms with E-state index in [9.17, 15) is 9.59 Å². The normalized spacial score (nSPS) is 33.3.